The van der Waals surface area contributed by atoms with Crippen LogP contribution < -0.4 is 0 Å². The predicted octanol–water partition coefficient (Wildman–Crippen LogP) is 2.40. The second kappa shape index (κ2) is 5.06. The molecule has 0 aliphatic carbocycles. The topological polar surface area (TPSA) is 71.4 Å². The van der Waals surface area contributed by atoms with Crippen molar-refractivity contribution in [2.24, 2.45) is 0 Å². The minimum Gasteiger partial charge on any atom is -0.478 e. The Morgan fingerprint density at radius 3 is 2.44 bits per heavy atom. The number of aryl methyl sites for hydroxylation is 1. The van der Waals surface area contributed by atoms with Crippen molar-refractivity contribution < 1.29 is 22.7 Å². The molecule has 0 aliphatic heterocycles. The Labute approximate surface area is 105 Å². The zero-order chi connectivity index (χ0) is 14.1. The molecule has 0 spiro atoms. The van der Waals surface area contributed by atoms with Gasteiger partial charge in [-0.15, -0.1) is 0 Å². The van der Waals surface area contributed by atoms with Crippen molar-refractivity contribution in [3.8, 4) is 0 Å². The number of aromatic carboxylic acids is 1. The van der Waals surface area contributed by atoms with Crippen molar-refractivity contribution in [2.45, 2.75) is 37.3 Å². The fraction of sp³-hybridized carbons (Fsp3) is 0.417. The van der Waals surface area contributed by atoms with Crippen LogP contribution in [0.3, 0.4) is 0 Å². The zero-order valence-electron chi connectivity index (χ0n) is 10.4. The Balaban J connectivity index is 3.50. The standard InChI is InChI=1S/C12H15FO4S/c1-4-8(3)18(16,17)9-5-7(2)11(13)10(6-9)12(14)15/h5-6,8H,4H2,1-3H3,(H,14,15). The molecule has 0 amide bonds. The molecule has 18 heavy (non-hydrogen) atoms. The van der Waals surface area contributed by atoms with E-state index in [4.69, 9.17) is 5.11 Å². The average Bonchev–Trinajstić information content (AvgIpc) is 2.30. The quantitative estimate of drug-likeness (QED) is 0.856. The summed E-state index contributed by atoms with van der Waals surface area (Å²) in [6, 6.07) is 2.05. The molecule has 0 saturated carbocycles. The third-order valence-electron chi connectivity index (χ3n) is 2.89. The summed E-state index contributed by atoms with van der Waals surface area (Å²) in [5.41, 5.74) is -0.603. The van der Waals surface area contributed by atoms with Crippen molar-refractivity contribution in [3.05, 3.63) is 29.1 Å². The van der Waals surface area contributed by atoms with Gasteiger partial charge in [0.1, 0.15) is 5.82 Å². The van der Waals surface area contributed by atoms with E-state index in [-0.39, 0.29) is 10.5 Å². The number of rotatable bonds is 4. The van der Waals surface area contributed by atoms with Gasteiger partial charge in [-0.1, -0.05) is 6.92 Å². The number of carboxylic acids is 1. The van der Waals surface area contributed by atoms with Gasteiger partial charge in [0, 0.05) is 0 Å². The van der Waals surface area contributed by atoms with Crippen LogP contribution in [0.5, 0.6) is 0 Å². The summed E-state index contributed by atoms with van der Waals surface area (Å²) in [7, 11) is -3.61. The van der Waals surface area contributed by atoms with E-state index in [2.05, 4.69) is 0 Å². The molecule has 1 N–H and O–H groups in total. The van der Waals surface area contributed by atoms with Crippen LogP contribution in [0.4, 0.5) is 4.39 Å². The molecule has 1 unspecified atom stereocenters. The highest BCUT2D eigenvalue weighted by molar-refractivity contribution is 7.92. The smallest absolute Gasteiger partial charge is 0.338 e. The maximum atomic E-state index is 13.5. The molecule has 6 heteroatoms. The van der Waals surface area contributed by atoms with Gasteiger partial charge >= 0.3 is 5.97 Å². The Morgan fingerprint density at radius 2 is 2.00 bits per heavy atom. The van der Waals surface area contributed by atoms with Crippen molar-refractivity contribution in [1.29, 1.82) is 0 Å². The lowest BCUT2D eigenvalue weighted by atomic mass is 10.1. The molecular formula is C12H15FO4S. The summed E-state index contributed by atoms with van der Waals surface area (Å²) < 4.78 is 37.7. The molecule has 0 aliphatic rings. The molecular weight excluding hydrogens is 259 g/mol. The SMILES string of the molecule is CCC(C)S(=O)(=O)c1cc(C)c(F)c(C(=O)O)c1. The number of carboxylic acid groups (broad SMARTS) is 1. The number of benzene rings is 1. The summed E-state index contributed by atoms with van der Waals surface area (Å²) in [4.78, 5) is 10.7. The summed E-state index contributed by atoms with van der Waals surface area (Å²) in [6.07, 6.45) is 0.404. The third kappa shape index (κ3) is 2.53. The second-order valence-corrected chi connectivity index (χ2v) is 6.54. The van der Waals surface area contributed by atoms with Gasteiger partial charge in [0.25, 0.3) is 0 Å². The van der Waals surface area contributed by atoms with E-state index in [1.54, 1.807) is 6.92 Å². The van der Waals surface area contributed by atoms with Crippen molar-refractivity contribution >= 4 is 15.8 Å². The highest BCUT2D eigenvalue weighted by atomic mass is 32.2. The number of halogens is 1. The van der Waals surface area contributed by atoms with Crippen LogP contribution in [0.15, 0.2) is 17.0 Å². The van der Waals surface area contributed by atoms with Crippen molar-refractivity contribution in [3.63, 3.8) is 0 Å². The molecule has 1 aromatic rings. The molecule has 1 aromatic carbocycles. The van der Waals surface area contributed by atoms with Gasteiger partial charge in [0.05, 0.1) is 15.7 Å². The highest BCUT2D eigenvalue weighted by Crippen LogP contribution is 2.23. The number of hydrogen-bond donors (Lipinski definition) is 1. The highest BCUT2D eigenvalue weighted by Gasteiger charge is 2.25. The van der Waals surface area contributed by atoms with Gasteiger partial charge < -0.3 is 5.11 Å². The van der Waals surface area contributed by atoms with Crippen molar-refractivity contribution in [1.82, 2.24) is 0 Å². The van der Waals surface area contributed by atoms with Gasteiger partial charge in [0.2, 0.25) is 0 Å². The van der Waals surface area contributed by atoms with Crippen LogP contribution in [0.25, 0.3) is 0 Å². The number of hydrogen-bond acceptors (Lipinski definition) is 3. The lowest BCUT2D eigenvalue weighted by molar-refractivity contribution is 0.0691. The maximum Gasteiger partial charge on any atom is 0.338 e. The molecule has 1 rings (SSSR count). The first-order valence-electron chi connectivity index (χ1n) is 5.49. The lowest BCUT2D eigenvalue weighted by Crippen LogP contribution is -2.18. The lowest BCUT2D eigenvalue weighted by Gasteiger charge is -2.12. The van der Waals surface area contributed by atoms with Gasteiger partial charge in [-0.05, 0) is 38.0 Å². The maximum absolute atomic E-state index is 13.5. The normalized spacial score (nSPS) is 13.3. The molecule has 0 radical (unpaired) electrons. The monoisotopic (exact) mass is 274 g/mol. The molecule has 0 heterocycles. The first-order valence-corrected chi connectivity index (χ1v) is 7.03. The van der Waals surface area contributed by atoms with Gasteiger partial charge in [-0.3, -0.25) is 0 Å². The van der Waals surface area contributed by atoms with E-state index in [9.17, 15) is 17.6 Å². The van der Waals surface area contributed by atoms with Gasteiger partial charge in [-0.2, -0.15) is 0 Å². The van der Waals surface area contributed by atoms with Crippen molar-refractivity contribution in [2.75, 3.05) is 0 Å². The van der Waals surface area contributed by atoms with Crippen LogP contribution in [0.2, 0.25) is 0 Å². The largest absolute Gasteiger partial charge is 0.478 e. The fourth-order valence-electron chi connectivity index (χ4n) is 1.51. The number of sulfone groups is 1. The molecule has 0 fully saturated rings. The first-order chi connectivity index (χ1) is 8.21. The van der Waals surface area contributed by atoms with Crippen LogP contribution in [-0.2, 0) is 9.84 Å². The summed E-state index contributed by atoms with van der Waals surface area (Å²) in [6.45, 7) is 4.60. The number of carbonyl (C=O) groups is 1. The summed E-state index contributed by atoms with van der Waals surface area (Å²) in [5, 5.41) is 8.21. The predicted molar refractivity (Wildman–Crippen MR) is 65.0 cm³/mol. The Morgan fingerprint density at radius 1 is 1.44 bits per heavy atom. The molecule has 0 saturated heterocycles. The van der Waals surface area contributed by atoms with Crippen LogP contribution in [-0.4, -0.2) is 24.7 Å². The first kappa shape index (κ1) is 14.6. The average molecular weight is 274 g/mol. The third-order valence-corrected chi connectivity index (χ3v) is 5.18. The van der Waals surface area contributed by atoms with E-state index < -0.39 is 32.4 Å². The summed E-state index contributed by atoms with van der Waals surface area (Å²) in [5.74, 6) is -2.37. The Hall–Kier alpha value is -1.43. The van der Waals surface area contributed by atoms with Gasteiger partial charge in [0.15, 0.2) is 9.84 Å². The van der Waals surface area contributed by atoms with E-state index in [0.29, 0.717) is 6.42 Å². The minimum absolute atomic E-state index is 0.0109. The second-order valence-electron chi connectivity index (χ2n) is 4.17. The fourth-order valence-corrected chi connectivity index (χ4v) is 3.03. The molecule has 100 valence electrons. The zero-order valence-corrected chi connectivity index (χ0v) is 11.2. The van der Waals surface area contributed by atoms with E-state index >= 15 is 0 Å². The van der Waals surface area contributed by atoms with E-state index in [1.807, 2.05) is 0 Å². The van der Waals surface area contributed by atoms with Crippen LogP contribution in [0.1, 0.15) is 36.2 Å². The Kier molecular flexibility index (Phi) is 4.11. The van der Waals surface area contributed by atoms with Gasteiger partial charge in [-0.25, -0.2) is 17.6 Å². The molecule has 0 aromatic heterocycles. The Bertz CT molecular complexity index is 578. The van der Waals surface area contributed by atoms with Crippen LogP contribution >= 0.6 is 0 Å². The summed E-state index contributed by atoms with van der Waals surface area (Å²) >= 11 is 0. The van der Waals surface area contributed by atoms with Crippen LogP contribution in [0, 0.1) is 12.7 Å². The van der Waals surface area contributed by atoms with E-state index in [0.717, 1.165) is 6.07 Å². The van der Waals surface area contributed by atoms with E-state index in [1.165, 1.54) is 19.9 Å². The molecule has 4 nitrogen and oxygen atoms in total. The molecule has 1 atom stereocenters. The molecule has 0 bridgehead atoms. The minimum atomic E-state index is -3.61.